The summed E-state index contributed by atoms with van der Waals surface area (Å²) >= 11 is 0. The highest BCUT2D eigenvalue weighted by Gasteiger charge is 2.21. The Hall–Kier alpha value is -2.91. The summed E-state index contributed by atoms with van der Waals surface area (Å²) in [6, 6.07) is 13.5. The summed E-state index contributed by atoms with van der Waals surface area (Å²) in [4.78, 5) is 24.4. The minimum absolute atomic E-state index is 0.0118. The Balaban J connectivity index is 1.93. The first-order valence-corrected chi connectivity index (χ1v) is 10.8. The first-order chi connectivity index (χ1) is 14.1. The Bertz CT molecular complexity index is 990. The minimum Gasteiger partial charge on any atom is -0.493 e. The van der Waals surface area contributed by atoms with Gasteiger partial charge in [-0.3, -0.25) is 9.59 Å². The predicted octanol–water partition coefficient (Wildman–Crippen LogP) is 2.58. The van der Waals surface area contributed by atoms with Gasteiger partial charge < -0.3 is 14.8 Å². The number of benzene rings is 2. The van der Waals surface area contributed by atoms with E-state index in [1.807, 2.05) is 18.2 Å². The largest absolute Gasteiger partial charge is 0.493 e. The van der Waals surface area contributed by atoms with E-state index in [4.69, 9.17) is 9.47 Å². The maximum absolute atomic E-state index is 12.4. The van der Waals surface area contributed by atoms with Crippen LogP contribution in [-0.4, -0.2) is 51.4 Å². The average Bonchev–Trinajstić information content (AvgIpc) is 2.70. The molecular weight excluding hydrogens is 408 g/mol. The number of sulfonamides is 1. The van der Waals surface area contributed by atoms with Gasteiger partial charge >= 0.3 is 5.97 Å². The fourth-order valence-electron chi connectivity index (χ4n) is 2.42. The number of carbonyl (C=O) groups excluding carboxylic acids is 2. The highest BCUT2D eigenvalue weighted by Crippen LogP contribution is 2.22. The molecule has 0 fully saturated rings. The predicted molar refractivity (Wildman–Crippen MR) is 113 cm³/mol. The number of nitrogens with zero attached hydrogens (tertiary/aromatic N) is 1. The van der Waals surface area contributed by atoms with Gasteiger partial charge in [0.15, 0.2) is 6.10 Å². The summed E-state index contributed by atoms with van der Waals surface area (Å²) in [5, 5.41) is 2.62. The summed E-state index contributed by atoms with van der Waals surface area (Å²) in [5.74, 6) is -0.497. The normalized spacial score (nSPS) is 12.3. The lowest BCUT2D eigenvalue weighted by molar-refractivity contribution is -0.153. The van der Waals surface area contributed by atoms with Gasteiger partial charge in [0.05, 0.1) is 17.9 Å². The summed E-state index contributed by atoms with van der Waals surface area (Å²) in [6.45, 7) is 3.31. The highest BCUT2D eigenvalue weighted by atomic mass is 32.2. The van der Waals surface area contributed by atoms with E-state index in [0.29, 0.717) is 17.0 Å². The Kier molecular flexibility index (Phi) is 7.96. The third-order valence-electron chi connectivity index (χ3n) is 4.24. The zero-order valence-electron chi connectivity index (χ0n) is 17.4. The van der Waals surface area contributed by atoms with Gasteiger partial charge in [0.25, 0.3) is 5.91 Å². The van der Waals surface area contributed by atoms with Crippen LogP contribution in [0, 0.1) is 6.92 Å². The molecule has 0 radical (unpaired) electrons. The standard InChI is InChI=1S/C21H26N2O6S/c1-15-10-11-18(30(26,27)23(3)4)14-19(15)22-21(25)16(2)29-20(24)12-13-28-17-8-6-5-7-9-17/h5-11,14,16H,12-13H2,1-4H3,(H,22,25). The molecule has 0 heterocycles. The maximum Gasteiger partial charge on any atom is 0.310 e. The van der Waals surface area contributed by atoms with Crippen molar-refractivity contribution < 1.29 is 27.5 Å². The van der Waals surface area contributed by atoms with Crippen LogP contribution in [0.4, 0.5) is 5.69 Å². The number of amides is 1. The van der Waals surface area contributed by atoms with Gasteiger partial charge in [0.2, 0.25) is 10.0 Å². The highest BCUT2D eigenvalue weighted by molar-refractivity contribution is 7.89. The number of aryl methyl sites for hydroxylation is 1. The molecule has 0 aliphatic carbocycles. The fourth-order valence-corrected chi connectivity index (χ4v) is 3.35. The molecule has 2 aromatic rings. The molecule has 1 N–H and O–H groups in total. The monoisotopic (exact) mass is 434 g/mol. The zero-order chi connectivity index (χ0) is 22.3. The van der Waals surface area contributed by atoms with Crippen LogP contribution in [0.3, 0.4) is 0 Å². The van der Waals surface area contributed by atoms with Crippen LogP contribution in [0.1, 0.15) is 18.9 Å². The lowest BCUT2D eigenvalue weighted by Crippen LogP contribution is -2.30. The molecule has 0 spiro atoms. The summed E-state index contributed by atoms with van der Waals surface area (Å²) in [7, 11) is -0.788. The van der Waals surface area contributed by atoms with E-state index in [-0.39, 0.29) is 17.9 Å². The molecule has 1 unspecified atom stereocenters. The molecule has 0 aliphatic rings. The second-order valence-corrected chi connectivity index (χ2v) is 8.95. The van der Waals surface area contributed by atoms with Gasteiger partial charge in [-0.1, -0.05) is 24.3 Å². The molecule has 162 valence electrons. The molecule has 0 bridgehead atoms. The number of esters is 1. The van der Waals surface area contributed by atoms with Crippen molar-refractivity contribution in [1.29, 1.82) is 0 Å². The summed E-state index contributed by atoms with van der Waals surface area (Å²) < 4.78 is 36.3. The second kappa shape index (κ2) is 10.2. The van der Waals surface area contributed by atoms with E-state index in [0.717, 1.165) is 4.31 Å². The van der Waals surface area contributed by atoms with Crippen LogP contribution in [-0.2, 0) is 24.3 Å². The molecular formula is C21H26N2O6S. The first kappa shape index (κ1) is 23.4. The van der Waals surface area contributed by atoms with Crippen molar-refractivity contribution in [3.05, 3.63) is 54.1 Å². The van der Waals surface area contributed by atoms with Gasteiger partial charge in [-0.15, -0.1) is 0 Å². The van der Waals surface area contributed by atoms with Crippen molar-refractivity contribution in [3.63, 3.8) is 0 Å². The zero-order valence-corrected chi connectivity index (χ0v) is 18.2. The van der Waals surface area contributed by atoms with Crippen LogP contribution >= 0.6 is 0 Å². The van der Waals surface area contributed by atoms with Crippen LogP contribution in [0.5, 0.6) is 5.75 Å². The van der Waals surface area contributed by atoms with Gasteiger partial charge in [-0.25, -0.2) is 12.7 Å². The topological polar surface area (TPSA) is 102 Å². The van der Waals surface area contributed by atoms with Gasteiger partial charge in [-0.05, 0) is 43.7 Å². The van der Waals surface area contributed by atoms with Crippen molar-refractivity contribution in [1.82, 2.24) is 4.31 Å². The van der Waals surface area contributed by atoms with Gasteiger partial charge in [0, 0.05) is 19.8 Å². The average molecular weight is 435 g/mol. The van der Waals surface area contributed by atoms with Crippen molar-refractivity contribution in [2.75, 3.05) is 26.0 Å². The number of rotatable bonds is 9. The van der Waals surface area contributed by atoms with E-state index in [1.54, 1.807) is 25.1 Å². The van der Waals surface area contributed by atoms with Crippen molar-refractivity contribution in [2.45, 2.75) is 31.3 Å². The number of anilines is 1. The number of carbonyl (C=O) groups is 2. The van der Waals surface area contributed by atoms with Crippen LogP contribution < -0.4 is 10.1 Å². The molecule has 0 aromatic heterocycles. The van der Waals surface area contributed by atoms with Crippen molar-refractivity contribution in [2.24, 2.45) is 0 Å². The Labute approximate surface area is 176 Å². The SMILES string of the molecule is Cc1ccc(S(=O)(=O)N(C)C)cc1NC(=O)C(C)OC(=O)CCOc1ccccc1. The molecule has 0 saturated carbocycles. The van der Waals surface area contributed by atoms with Crippen molar-refractivity contribution >= 4 is 27.6 Å². The third kappa shape index (κ3) is 6.30. The number of nitrogens with one attached hydrogen (secondary N) is 1. The Morgan fingerprint density at radius 1 is 1.10 bits per heavy atom. The lowest BCUT2D eigenvalue weighted by atomic mass is 10.2. The van der Waals surface area contributed by atoms with E-state index >= 15 is 0 Å². The maximum atomic E-state index is 12.4. The number of ether oxygens (including phenoxy) is 2. The number of para-hydroxylation sites is 1. The van der Waals surface area contributed by atoms with Crippen molar-refractivity contribution in [3.8, 4) is 5.75 Å². The molecule has 2 rings (SSSR count). The molecule has 8 nitrogen and oxygen atoms in total. The summed E-state index contributed by atoms with van der Waals surface area (Å²) in [5.41, 5.74) is 1.01. The third-order valence-corrected chi connectivity index (χ3v) is 6.05. The molecule has 1 atom stereocenters. The summed E-state index contributed by atoms with van der Waals surface area (Å²) in [6.07, 6.45) is -1.06. The smallest absolute Gasteiger partial charge is 0.310 e. The molecule has 1 amide bonds. The molecule has 2 aromatic carbocycles. The minimum atomic E-state index is -3.64. The van der Waals surface area contributed by atoms with Crippen LogP contribution in [0.25, 0.3) is 0 Å². The van der Waals surface area contributed by atoms with E-state index in [9.17, 15) is 18.0 Å². The molecule has 30 heavy (non-hydrogen) atoms. The van der Waals surface area contributed by atoms with E-state index in [1.165, 1.54) is 33.2 Å². The Morgan fingerprint density at radius 2 is 1.77 bits per heavy atom. The van der Waals surface area contributed by atoms with E-state index in [2.05, 4.69) is 5.32 Å². The Morgan fingerprint density at radius 3 is 2.40 bits per heavy atom. The second-order valence-electron chi connectivity index (χ2n) is 6.80. The van der Waals surface area contributed by atoms with Crippen LogP contribution in [0.2, 0.25) is 0 Å². The van der Waals surface area contributed by atoms with Gasteiger partial charge in [-0.2, -0.15) is 0 Å². The quantitative estimate of drug-likeness (QED) is 0.609. The number of hydrogen-bond acceptors (Lipinski definition) is 6. The van der Waals surface area contributed by atoms with E-state index < -0.39 is 28.0 Å². The lowest BCUT2D eigenvalue weighted by Gasteiger charge is -2.17. The molecule has 9 heteroatoms. The van der Waals surface area contributed by atoms with Crippen LogP contribution in [0.15, 0.2) is 53.4 Å². The molecule has 0 saturated heterocycles. The first-order valence-electron chi connectivity index (χ1n) is 9.32. The molecule has 0 aliphatic heterocycles. The van der Waals surface area contributed by atoms with Gasteiger partial charge in [0.1, 0.15) is 5.75 Å². The fraction of sp³-hybridized carbons (Fsp3) is 0.333. The number of hydrogen-bond donors (Lipinski definition) is 1.